The van der Waals surface area contributed by atoms with Crippen LogP contribution in [0, 0.1) is 0 Å². The van der Waals surface area contributed by atoms with Crippen molar-refractivity contribution in [1.82, 2.24) is 15.0 Å². The summed E-state index contributed by atoms with van der Waals surface area (Å²) in [5.74, 6) is 1.53. The van der Waals surface area contributed by atoms with Gasteiger partial charge in [-0.15, -0.1) is 0 Å². The summed E-state index contributed by atoms with van der Waals surface area (Å²) in [6, 6.07) is 9.34. The SMILES string of the molecule is CN(C)Nc1ncnc(Oc2ccccc2)c1N. The zero-order chi connectivity index (χ0) is 13.0. The van der Waals surface area contributed by atoms with Crippen LogP contribution in [0.4, 0.5) is 11.5 Å². The Hall–Kier alpha value is -2.34. The van der Waals surface area contributed by atoms with Gasteiger partial charge in [0.05, 0.1) is 0 Å². The standard InChI is InChI=1S/C12H15N5O/c1-17(2)16-11-10(13)12(15-8-14-11)18-9-6-4-3-5-7-9/h3-8H,13H2,1-2H3,(H,14,15,16). The fraction of sp³-hybridized carbons (Fsp3) is 0.167. The van der Waals surface area contributed by atoms with Crippen molar-refractivity contribution in [2.45, 2.75) is 0 Å². The lowest BCUT2D eigenvalue weighted by atomic mass is 10.3. The fourth-order valence-corrected chi connectivity index (χ4v) is 1.36. The predicted octanol–water partition coefficient (Wildman–Crippen LogP) is 1.74. The topological polar surface area (TPSA) is 76.3 Å². The molecule has 0 unspecified atom stereocenters. The number of hydrazine groups is 1. The predicted molar refractivity (Wildman–Crippen MR) is 70.3 cm³/mol. The number of aromatic nitrogens is 2. The van der Waals surface area contributed by atoms with Crippen LogP contribution in [0.15, 0.2) is 36.7 Å². The molecule has 0 saturated heterocycles. The highest BCUT2D eigenvalue weighted by Crippen LogP contribution is 2.28. The minimum absolute atomic E-state index is 0.334. The molecule has 0 aliphatic rings. The maximum atomic E-state index is 5.94. The Balaban J connectivity index is 2.23. The molecule has 6 nitrogen and oxygen atoms in total. The van der Waals surface area contributed by atoms with Crippen molar-refractivity contribution in [3.8, 4) is 11.6 Å². The molecule has 3 N–H and O–H groups in total. The van der Waals surface area contributed by atoms with Crippen LogP contribution in [0.2, 0.25) is 0 Å². The number of benzene rings is 1. The highest BCUT2D eigenvalue weighted by molar-refractivity contribution is 5.66. The summed E-state index contributed by atoms with van der Waals surface area (Å²) in [4.78, 5) is 8.08. The first-order valence-electron chi connectivity index (χ1n) is 5.44. The van der Waals surface area contributed by atoms with Gasteiger partial charge in [-0.05, 0) is 12.1 Å². The number of hydrogen-bond donors (Lipinski definition) is 2. The maximum absolute atomic E-state index is 5.94. The van der Waals surface area contributed by atoms with Crippen LogP contribution in [0.5, 0.6) is 11.6 Å². The summed E-state index contributed by atoms with van der Waals surface area (Å²) in [7, 11) is 3.69. The van der Waals surface area contributed by atoms with Crippen molar-refractivity contribution in [3.63, 3.8) is 0 Å². The second-order valence-electron chi connectivity index (χ2n) is 3.86. The van der Waals surface area contributed by atoms with Gasteiger partial charge >= 0.3 is 0 Å². The first-order valence-corrected chi connectivity index (χ1v) is 5.44. The zero-order valence-corrected chi connectivity index (χ0v) is 10.3. The van der Waals surface area contributed by atoms with E-state index in [4.69, 9.17) is 10.5 Å². The van der Waals surface area contributed by atoms with Crippen LogP contribution >= 0.6 is 0 Å². The van der Waals surface area contributed by atoms with Crippen molar-refractivity contribution in [3.05, 3.63) is 36.7 Å². The van der Waals surface area contributed by atoms with Crippen molar-refractivity contribution in [1.29, 1.82) is 0 Å². The van der Waals surface area contributed by atoms with Crippen molar-refractivity contribution in [2.24, 2.45) is 0 Å². The first kappa shape index (κ1) is 12.1. The molecule has 0 amide bonds. The molecule has 0 aliphatic heterocycles. The molecular weight excluding hydrogens is 230 g/mol. The lowest BCUT2D eigenvalue weighted by Gasteiger charge is -2.15. The average Bonchev–Trinajstić information content (AvgIpc) is 2.35. The van der Waals surface area contributed by atoms with Gasteiger partial charge in [0.25, 0.3) is 0 Å². The Morgan fingerprint density at radius 2 is 1.89 bits per heavy atom. The minimum Gasteiger partial charge on any atom is -0.437 e. The van der Waals surface area contributed by atoms with Crippen molar-refractivity contribution in [2.75, 3.05) is 25.3 Å². The highest BCUT2D eigenvalue weighted by atomic mass is 16.5. The summed E-state index contributed by atoms with van der Waals surface area (Å²) < 4.78 is 5.60. The number of nitrogens with zero attached hydrogens (tertiary/aromatic N) is 3. The number of ether oxygens (including phenoxy) is 1. The van der Waals surface area contributed by atoms with E-state index in [2.05, 4.69) is 15.4 Å². The van der Waals surface area contributed by atoms with Gasteiger partial charge < -0.3 is 15.9 Å². The second-order valence-corrected chi connectivity index (χ2v) is 3.86. The molecule has 2 rings (SSSR count). The number of hydrogen-bond acceptors (Lipinski definition) is 6. The third kappa shape index (κ3) is 2.86. The molecule has 0 atom stereocenters. The van der Waals surface area contributed by atoms with Crippen LogP contribution in [0.25, 0.3) is 0 Å². The Morgan fingerprint density at radius 1 is 1.17 bits per heavy atom. The van der Waals surface area contributed by atoms with Gasteiger partial charge in [0, 0.05) is 14.1 Å². The number of nitrogens with one attached hydrogen (secondary N) is 1. The van der Waals surface area contributed by atoms with Gasteiger partial charge in [-0.25, -0.2) is 9.99 Å². The van der Waals surface area contributed by atoms with E-state index in [9.17, 15) is 0 Å². The van der Waals surface area contributed by atoms with E-state index in [0.717, 1.165) is 0 Å². The van der Waals surface area contributed by atoms with Crippen LogP contribution in [0.1, 0.15) is 0 Å². The fourth-order valence-electron chi connectivity index (χ4n) is 1.36. The van der Waals surface area contributed by atoms with Crippen molar-refractivity contribution >= 4 is 11.5 Å². The molecule has 0 fully saturated rings. The van der Waals surface area contributed by atoms with Crippen molar-refractivity contribution < 1.29 is 4.74 Å². The quantitative estimate of drug-likeness (QED) is 0.799. The van der Waals surface area contributed by atoms with Crippen LogP contribution in [-0.2, 0) is 0 Å². The van der Waals surface area contributed by atoms with Crippen LogP contribution in [0.3, 0.4) is 0 Å². The molecule has 0 radical (unpaired) electrons. The average molecular weight is 245 g/mol. The second kappa shape index (κ2) is 5.33. The van der Waals surface area contributed by atoms with Gasteiger partial charge in [0.1, 0.15) is 17.8 Å². The Labute approximate surface area is 105 Å². The molecule has 1 heterocycles. The lowest BCUT2D eigenvalue weighted by Crippen LogP contribution is -2.21. The highest BCUT2D eigenvalue weighted by Gasteiger charge is 2.10. The van der Waals surface area contributed by atoms with Gasteiger partial charge in [0.15, 0.2) is 5.82 Å². The molecule has 1 aromatic carbocycles. The normalized spacial score (nSPS) is 10.4. The molecule has 18 heavy (non-hydrogen) atoms. The molecule has 0 spiro atoms. The maximum Gasteiger partial charge on any atom is 0.248 e. The van der Waals surface area contributed by atoms with Crippen LogP contribution in [-0.4, -0.2) is 29.1 Å². The molecule has 0 bridgehead atoms. The molecule has 94 valence electrons. The Morgan fingerprint density at radius 3 is 2.56 bits per heavy atom. The first-order chi connectivity index (χ1) is 8.66. The summed E-state index contributed by atoms with van der Waals surface area (Å²) in [5, 5.41) is 1.74. The molecule has 2 aromatic rings. The van der Waals surface area contributed by atoms with E-state index < -0.39 is 0 Å². The molecule has 6 heteroatoms. The lowest BCUT2D eigenvalue weighted by molar-refractivity contribution is 0.461. The third-order valence-electron chi connectivity index (χ3n) is 2.13. The monoisotopic (exact) mass is 245 g/mol. The van der Waals surface area contributed by atoms with E-state index in [-0.39, 0.29) is 0 Å². The number of nitrogens with two attached hydrogens (primary N) is 1. The number of anilines is 2. The van der Waals surface area contributed by atoms with E-state index in [1.165, 1.54) is 6.33 Å². The van der Waals surface area contributed by atoms with E-state index in [1.54, 1.807) is 5.01 Å². The summed E-state index contributed by atoms with van der Waals surface area (Å²) in [6.07, 6.45) is 1.40. The van der Waals surface area contributed by atoms with E-state index in [0.29, 0.717) is 23.1 Å². The summed E-state index contributed by atoms with van der Waals surface area (Å²) in [6.45, 7) is 0. The third-order valence-corrected chi connectivity index (χ3v) is 2.13. The number of para-hydroxylation sites is 1. The minimum atomic E-state index is 0.334. The summed E-state index contributed by atoms with van der Waals surface area (Å²) in [5.41, 5.74) is 9.29. The molecule has 0 aliphatic carbocycles. The van der Waals surface area contributed by atoms with Gasteiger partial charge in [-0.1, -0.05) is 18.2 Å². The van der Waals surface area contributed by atoms with Gasteiger partial charge in [-0.3, -0.25) is 0 Å². The van der Waals surface area contributed by atoms with E-state index >= 15 is 0 Å². The summed E-state index contributed by atoms with van der Waals surface area (Å²) >= 11 is 0. The zero-order valence-electron chi connectivity index (χ0n) is 10.3. The van der Waals surface area contributed by atoms with E-state index in [1.807, 2.05) is 44.4 Å². The molecule has 1 aromatic heterocycles. The van der Waals surface area contributed by atoms with Gasteiger partial charge in [-0.2, -0.15) is 4.98 Å². The number of rotatable bonds is 4. The Kier molecular flexibility index (Phi) is 3.59. The Bertz CT molecular complexity index is 515. The molecular formula is C12H15N5O. The van der Waals surface area contributed by atoms with Gasteiger partial charge in [0.2, 0.25) is 5.88 Å². The number of nitrogen functional groups attached to an aromatic ring is 1. The largest absolute Gasteiger partial charge is 0.437 e. The van der Waals surface area contributed by atoms with Crippen LogP contribution < -0.4 is 15.9 Å². The smallest absolute Gasteiger partial charge is 0.248 e. The molecule has 0 saturated carbocycles.